The monoisotopic (exact) mass is 404 g/mol. The Morgan fingerprint density at radius 2 is 2.00 bits per heavy atom. The number of aromatic nitrogens is 4. The first-order chi connectivity index (χ1) is 12.4. The maximum absolute atomic E-state index is 12.3. The number of benzene rings is 1. The molecule has 0 aliphatic carbocycles. The molecular formula is C16H16N6OS3. The summed E-state index contributed by atoms with van der Waals surface area (Å²) in [7, 11) is 0. The largest absolute Gasteiger partial charge is 0.274 e. The third-order valence-electron chi connectivity index (χ3n) is 3.80. The minimum absolute atomic E-state index is 0.105. The number of carbonyl (C=O) groups excluding carboxylic acids is 1. The quantitative estimate of drug-likeness (QED) is 0.503. The van der Waals surface area contributed by atoms with Gasteiger partial charge in [0.05, 0.1) is 17.6 Å². The Morgan fingerprint density at radius 1 is 1.31 bits per heavy atom. The standard InChI is InChI=1S/C16H16N6OS3/c1-9-5-4-6-13(10(9)2)21(11(3)23)16-18-12(8-26-16)7-17-22-14(24)19-20-15(22)25/h4-8H,1-3H3,(H,19,24)(H,20,25)/b17-7-. The number of H-pyrrole nitrogens is 2. The van der Waals surface area contributed by atoms with Crippen molar-refractivity contribution in [3.8, 4) is 0 Å². The summed E-state index contributed by atoms with van der Waals surface area (Å²) in [5, 5.41) is 12.0. The van der Waals surface area contributed by atoms with Gasteiger partial charge < -0.3 is 0 Å². The molecule has 2 aromatic heterocycles. The Labute approximate surface area is 164 Å². The zero-order valence-electron chi connectivity index (χ0n) is 14.3. The van der Waals surface area contributed by atoms with Crippen LogP contribution in [-0.2, 0) is 4.79 Å². The summed E-state index contributed by atoms with van der Waals surface area (Å²) < 4.78 is 2.11. The van der Waals surface area contributed by atoms with Crippen LogP contribution in [0.1, 0.15) is 23.7 Å². The minimum atomic E-state index is -0.105. The molecule has 7 nitrogen and oxygen atoms in total. The summed E-state index contributed by atoms with van der Waals surface area (Å²) in [6.07, 6.45) is 1.55. The molecule has 0 spiro atoms. The highest BCUT2D eigenvalue weighted by Gasteiger charge is 2.19. The van der Waals surface area contributed by atoms with E-state index in [9.17, 15) is 4.79 Å². The van der Waals surface area contributed by atoms with Crippen molar-refractivity contribution in [1.82, 2.24) is 19.9 Å². The van der Waals surface area contributed by atoms with Gasteiger partial charge in [-0.2, -0.15) is 9.78 Å². The Bertz CT molecular complexity index is 1080. The predicted molar refractivity (Wildman–Crippen MR) is 109 cm³/mol. The molecule has 0 radical (unpaired) electrons. The lowest BCUT2D eigenvalue weighted by molar-refractivity contribution is -0.115. The molecule has 2 N–H and O–H groups in total. The van der Waals surface area contributed by atoms with E-state index in [1.54, 1.807) is 11.1 Å². The molecule has 3 rings (SSSR count). The molecule has 1 aromatic carbocycles. The average Bonchev–Trinajstić information content (AvgIpc) is 3.17. The molecule has 0 fully saturated rings. The predicted octanol–water partition coefficient (Wildman–Crippen LogP) is 4.24. The number of rotatable bonds is 4. The van der Waals surface area contributed by atoms with E-state index in [4.69, 9.17) is 24.4 Å². The van der Waals surface area contributed by atoms with Crippen LogP contribution >= 0.6 is 35.8 Å². The first-order valence-corrected chi connectivity index (χ1v) is 9.34. The number of carbonyl (C=O) groups is 1. The summed E-state index contributed by atoms with van der Waals surface area (Å²) >= 11 is 11.5. The van der Waals surface area contributed by atoms with Gasteiger partial charge in [0.1, 0.15) is 0 Å². The summed E-state index contributed by atoms with van der Waals surface area (Å²) in [5.74, 6) is -0.105. The van der Waals surface area contributed by atoms with Gasteiger partial charge in [0.15, 0.2) is 5.13 Å². The number of thiazole rings is 1. The smallest absolute Gasteiger partial charge is 0.230 e. The maximum atomic E-state index is 12.3. The Hall–Kier alpha value is -2.43. The van der Waals surface area contributed by atoms with Crippen LogP contribution < -0.4 is 4.90 Å². The van der Waals surface area contributed by atoms with E-state index < -0.39 is 0 Å². The van der Waals surface area contributed by atoms with E-state index in [0.717, 1.165) is 16.8 Å². The van der Waals surface area contributed by atoms with Gasteiger partial charge in [-0.05, 0) is 55.5 Å². The van der Waals surface area contributed by atoms with Gasteiger partial charge in [-0.15, -0.1) is 11.3 Å². The number of hydrogen-bond acceptors (Lipinski definition) is 6. The second-order valence-electron chi connectivity index (χ2n) is 5.55. The molecule has 0 atom stereocenters. The second-order valence-corrected chi connectivity index (χ2v) is 7.16. The topological polar surface area (TPSA) is 82.1 Å². The van der Waals surface area contributed by atoms with Crippen molar-refractivity contribution in [2.45, 2.75) is 20.8 Å². The van der Waals surface area contributed by atoms with Gasteiger partial charge in [0.25, 0.3) is 0 Å². The van der Waals surface area contributed by atoms with Crippen molar-refractivity contribution in [2.75, 3.05) is 4.90 Å². The van der Waals surface area contributed by atoms with Gasteiger partial charge in [-0.1, -0.05) is 12.1 Å². The van der Waals surface area contributed by atoms with Crippen molar-refractivity contribution >= 4 is 58.7 Å². The molecule has 0 bridgehead atoms. The zero-order chi connectivity index (χ0) is 18.8. The van der Waals surface area contributed by atoms with Gasteiger partial charge in [-0.3, -0.25) is 19.9 Å². The summed E-state index contributed by atoms with van der Waals surface area (Å²) in [6.45, 7) is 5.53. The third-order valence-corrected chi connectivity index (χ3v) is 5.19. The number of anilines is 2. The van der Waals surface area contributed by atoms with Crippen LogP contribution in [0.3, 0.4) is 0 Å². The fraction of sp³-hybridized carbons (Fsp3) is 0.188. The molecule has 2 heterocycles. The van der Waals surface area contributed by atoms with Crippen molar-refractivity contribution in [2.24, 2.45) is 5.10 Å². The number of hydrogen-bond donors (Lipinski definition) is 2. The highest BCUT2D eigenvalue weighted by atomic mass is 32.1. The first-order valence-electron chi connectivity index (χ1n) is 7.65. The molecule has 3 aromatic rings. The van der Waals surface area contributed by atoms with E-state index in [1.807, 2.05) is 37.4 Å². The van der Waals surface area contributed by atoms with Crippen molar-refractivity contribution in [3.63, 3.8) is 0 Å². The lowest BCUT2D eigenvalue weighted by atomic mass is 10.1. The fourth-order valence-corrected chi connectivity index (χ4v) is 3.62. The van der Waals surface area contributed by atoms with Crippen LogP contribution in [0, 0.1) is 23.4 Å². The first kappa shape index (κ1) is 18.4. The molecule has 26 heavy (non-hydrogen) atoms. The van der Waals surface area contributed by atoms with Crippen LogP contribution in [0.2, 0.25) is 0 Å². The molecule has 134 valence electrons. The van der Waals surface area contributed by atoms with Crippen molar-refractivity contribution < 1.29 is 4.79 Å². The number of nitrogens with one attached hydrogen (secondary N) is 2. The number of nitrogens with zero attached hydrogens (tertiary/aromatic N) is 4. The molecule has 1 amide bonds. The minimum Gasteiger partial charge on any atom is -0.274 e. The highest BCUT2D eigenvalue weighted by molar-refractivity contribution is 7.72. The molecular weight excluding hydrogens is 388 g/mol. The molecule has 0 saturated carbocycles. The summed E-state index contributed by atoms with van der Waals surface area (Å²) in [4.78, 5) is 18.4. The highest BCUT2D eigenvalue weighted by Crippen LogP contribution is 2.32. The lowest BCUT2D eigenvalue weighted by Crippen LogP contribution is -2.23. The van der Waals surface area contributed by atoms with Gasteiger partial charge in [0, 0.05) is 12.3 Å². The molecule has 0 saturated heterocycles. The van der Waals surface area contributed by atoms with E-state index in [2.05, 4.69) is 20.3 Å². The van der Waals surface area contributed by atoms with Gasteiger partial charge >= 0.3 is 0 Å². The normalized spacial score (nSPS) is 11.2. The van der Waals surface area contributed by atoms with Crippen molar-refractivity contribution in [3.05, 3.63) is 49.9 Å². The van der Waals surface area contributed by atoms with Crippen LogP contribution in [-0.4, -0.2) is 32.0 Å². The van der Waals surface area contributed by atoms with Gasteiger partial charge in [0.2, 0.25) is 15.4 Å². The van der Waals surface area contributed by atoms with E-state index in [-0.39, 0.29) is 5.91 Å². The van der Waals surface area contributed by atoms with Crippen LogP contribution in [0.5, 0.6) is 0 Å². The van der Waals surface area contributed by atoms with E-state index in [0.29, 0.717) is 20.4 Å². The number of amides is 1. The number of aryl methyl sites for hydroxylation is 1. The van der Waals surface area contributed by atoms with Crippen LogP contribution in [0.4, 0.5) is 10.8 Å². The molecule has 10 heteroatoms. The van der Waals surface area contributed by atoms with Crippen molar-refractivity contribution in [1.29, 1.82) is 0 Å². The maximum Gasteiger partial charge on any atom is 0.230 e. The van der Waals surface area contributed by atoms with E-state index in [1.165, 1.54) is 22.9 Å². The Morgan fingerprint density at radius 3 is 2.65 bits per heavy atom. The summed E-state index contributed by atoms with van der Waals surface area (Å²) in [5.41, 5.74) is 3.59. The Kier molecular flexibility index (Phi) is 5.25. The van der Waals surface area contributed by atoms with E-state index >= 15 is 0 Å². The SMILES string of the molecule is CC(=O)N(c1nc(/C=N\n2c(=S)[nH][nH]c2=S)cs1)c1cccc(C)c1C. The molecule has 0 aliphatic heterocycles. The molecule has 0 unspecified atom stereocenters. The average molecular weight is 405 g/mol. The third kappa shape index (κ3) is 3.57. The van der Waals surface area contributed by atoms with Gasteiger partial charge in [-0.25, -0.2) is 4.98 Å². The lowest BCUT2D eigenvalue weighted by Gasteiger charge is -2.21. The van der Waals surface area contributed by atoms with Crippen LogP contribution in [0.25, 0.3) is 0 Å². The number of aromatic amines is 2. The second kappa shape index (κ2) is 7.44. The summed E-state index contributed by atoms with van der Waals surface area (Å²) in [6, 6.07) is 5.86. The van der Waals surface area contributed by atoms with Crippen LogP contribution in [0.15, 0.2) is 28.7 Å². The zero-order valence-corrected chi connectivity index (χ0v) is 16.8. The fourth-order valence-electron chi connectivity index (χ4n) is 2.35. The Balaban J connectivity index is 1.96. The molecule has 0 aliphatic rings.